The van der Waals surface area contributed by atoms with Crippen LogP contribution < -0.4 is 0 Å². The molecule has 1 fully saturated rings. The molecule has 0 saturated carbocycles. The largest absolute Gasteiger partial charge is 0.506 e. The molecule has 0 unspecified atom stereocenters. The highest BCUT2D eigenvalue weighted by Crippen LogP contribution is 2.33. The lowest BCUT2D eigenvalue weighted by atomic mass is 9.90. The summed E-state index contributed by atoms with van der Waals surface area (Å²) in [5.74, 6) is -0.0668. The van der Waals surface area contributed by atoms with Crippen molar-refractivity contribution in [2.45, 2.75) is 31.9 Å². The molecule has 7 heteroatoms. The fraction of sp³-hybridized carbons (Fsp3) is 0.400. The Balaban J connectivity index is 1.62. The van der Waals surface area contributed by atoms with Crippen LogP contribution in [0.5, 0.6) is 5.75 Å². The van der Waals surface area contributed by atoms with Crippen LogP contribution in [0.15, 0.2) is 42.6 Å². The van der Waals surface area contributed by atoms with Gasteiger partial charge in [-0.05, 0) is 55.4 Å². The lowest BCUT2D eigenvalue weighted by Gasteiger charge is -2.32. The molecule has 1 amide bonds. The third-order valence-electron chi connectivity index (χ3n) is 4.92. The Morgan fingerprint density at radius 3 is 2.70 bits per heavy atom. The minimum Gasteiger partial charge on any atom is -0.506 e. The SMILES string of the molecule is O=C(c1ccc(O)cn1)N1CCC[C@@H](CCc2ccccc2C(F)(F)F)C1. The summed E-state index contributed by atoms with van der Waals surface area (Å²) in [6.45, 7) is 1.12. The number of carbonyl (C=O) groups is 1. The molecule has 2 aromatic rings. The van der Waals surface area contributed by atoms with Crippen LogP contribution in [0.4, 0.5) is 13.2 Å². The Morgan fingerprint density at radius 2 is 2.00 bits per heavy atom. The van der Waals surface area contributed by atoms with Crippen LogP contribution in [0.25, 0.3) is 0 Å². The molecule has 1 N–H and O–H groups in total. The molecule has 2 heterocycles. The van der Waals surface area contributed by atoms with Gasteiger partial charge in [0.15, 0.2) is 0 Å². The number of aryl methyl sites for hydroxylation is 1. The predicted octanol–water partition coefficient (Wildman–Crippen LogP) is 4.29. The molecular weight excluding hydrogens is 357 g/mol. The Morgan fingerprint density at radius 1 is 1.22 bits per heavy atom. The first-order chi connectivity index (χ1) is 12.8. The quantitative estimate of drug-likeness (QED) is 0.864. The Kier molecular flexibility index (Phi) is 5.68. The molecule has 1 aliphatic heterocycles. The van der Waals surface area contributed by atoms with Crippen molar-refractivity contribution in [2.75, 3.05) is 13.1 Å². The van der Waals surface area contributed by atoms with E-state index in [1.165, 1.54) is 30.5 Å². The van der Waals surface area contributed by atoms with Crippen LogP contribution in [0.1, 0.15) is 40.9 Å². The normalized spacial score (nSPS) is 17.7. The molecule has 0 spiro atoms. The van der Waals surface area contributed by atoms with Crippen LogP contribution in [0.3, 0.4) is 0 Å². The molecule has 0 aliphatic carbocycles. The van der Waals surface area contributed by atoms with E-state index in [1.54, 1.807) is 11.0 Å². The van der Waals surface area contributed by atoms with Gasteiger partial charge in [0.05, 0.1) is 11.8 Å². The van der Waals surface area contributed by atoms with Crippen molar-refractivity contribution in [3.05, 3.63) is 59.4 Å². The van der Waals surface area contributed by atoms with Crippen LogP contribution in [0.2, 0.25) is 0 Å². The molecule has 4 nitrogen and oxygen atoms in total. The van der Waals surface area contributed by atoms with Gasteiger partial charge in [-0.2, -0.15) is 13.2 Å². The van der Waals surface area contributed by atoms with E-state index < -0.39 is 11.7 Å². The fourth-order valence-electron chi connectivity index (χ4n) is 3.53. The maximum absolute atomic E-state index is 13.1. The first kappa shape index (κ1) is 19.2. The number of aromatic nitrogens is 1. The number of piperidine rings is 1. The first-order valence-electron chi connectivity index (χ1n) is 8.94. The van der Waals surface area contributed by atoms with Crippen LogP contribution in [-0.2, 0) is 12.6 Å². The number of rotatable bonds is 4. The van der Waals surface area contributed by atoms with E-state index in [0.717, 1.165) is 18.9 Å². The van der Waals surface area contributed by atoms with Crippen molar-refractivity contribution in [3.8, 4) is 5.75 Å². The average Bonchev–Trinajstić information content (AvgIpc) is 2.66. The fourth-order valence-corrected chi connectivity index (χ4v) is 3.53. The van der Waals surface area contributed by atoms with E-state index in [2.05, 4.69) is 4.98 Å². The Bertz CT molecular complexity index is 791. The molecule has 1 aromatic heterocycles. The molecule has 0 bridgehead atoms. The van der Waals surface area contributed by atoms with Gasteiger partial charge in [0.1, 0.15) is 11.4 Å². The number of benzene rings is 1. The molecule has 27 heavy (non-hydrogen) atoms. The van der Waals surface area contributed by atoms with Crippen molar-refractivity contribution in [2.24, 2.45) is 5.92 Å². The second-order valence-corrected chi connectivity index (χ2v) is 6.85. The van der Waals surface area contributed by atoms with E-state index in [9.17, 15) is 23.1 Å². The number of halogens is 3. The van der Waals surface area contributed by atoms with Crippen molar-refractivity contribution in [1.29, 1.82) is 0 Å². The lowest BCUT2D eigenvalue weighted by Crippen LogP contribution is -2.40. The van der Waals surface area contributed by atoms with Crippen molar-refractivity contribution in [3.63, 3.8) is 0 Å². The highest BCUT2D eigenvalue weighted by molar-refractivity contribution is 5.92. The number of likely N-dealkylation sites (tertiary alicyclic amines) is 1. The molecule has 1 atom stereocenters. The maximum atomic E-state index is 13.1. The topological polar surface area (TPSA) is 53.4 Å². The second-order valence-electron chi connectivity index (χ2n) is 6.85. The van der Waals surface area contributed by atoms with Crippen LogP contribution in [-0.4, -0.2) is 34.0 Å². The summed E-state index contributed by atoms with van der Waals surface area (Å²) in [7, 11) is 0. The third kappa shape index (κ3) is 4.78. The van der Waals surface area contributed by atoms with Crippen molar-refractivity contribution >= 4 is 5.91 Å². The summed E-state index contributed by atoms with van der Waals surface area (Å²) in [5, 5.41) is 9.28. The highest BCUT2D eigenvalue weighted by atomic mass is 19.4. The zero-order valence-corrected chi connectivity index (χ0v) is 14.7. The Hall–Kier alpha value is -2.57. The van der Waals surface area contributed by atoms with Gasteiger partial charge in [-0.3, -0.25) is 4.79 Å². The molecule has 144 valence electrons. The number of aromatic hydroxyl groups is 1. The van der Waals surface area contributed by atoms with Gasteiger partial charge in [0.2, 0.25) is 0 Å². The zero-order chi connectivity index (χ0) is 19.4. The van der Waals surface area contributed by atoms with E-state index in [1.807, 2.05) is 0 Å². The molecule has 1 saturated heterocycles. The van der Waals surface area contributed by atoms with Crippen LogP contribution >= 0.6 is 0 Å². The standard InChI is InChI=1S/C20H21F3N2O2/c21-20(22,23)17-6-2-1-5-15(17)8-7-14-4-3-11-25(13-14)19(27)18-10-9-16(26)12-24-18/h1-2,5-6,9-10,12,14,26H,3-4,7-8,11,13H2/t14-/m0/s1. The van der Waals surface area contributed by atoms with E-state index in [0.29, 0.717) is 31.5 Å². The number of amides is 1. The lowest BCUT2D eigenvalue weighted by molar-refractivity contribution is -0.138. The van der Waals surface area contributed by atoms with E-state index >= 15 is 0 Å². The Labute approximate surface area is 155 Å². The number of hydrogen-bond donors (Lipinski definition) is 1. The first-order valence-corrected chi connectivity index (χ1v) is 8.94. The van der Waals surface area contributed by atoms with Crippen molar-refractivity contribution in [1.82, 2.24) is 9.88 Å². The van der Waals surface area contributed by atoms with Gasteiger partial charge in [-0.25, -0.2) is 4.98 Å². The van der Waals surface area contributed by atoms with E-state index in [4.69, 9.17) is 0 Å². The van der Waals surface area contributed by atoms with Gasteiger partial charge in [-0.15, -0.1) is 0 Å². The monoisotopic (exact) mass is 378 g/mol. The summed E-state index contributed by atoms with van der Waals surface area (Å²) in [4.78, 5) is 18.2. The van der Waals surface area contributed by atoms with Gasteiger partial charge in [-0.1, -0.05) is 18.2 Å². The number of carbonyl (C=O) groups excluding carboxylic acids is 1. The number of alkyl halides is 3. The average molecular weight is 378 g/mol. The van der Waals surface area contributed by atoms with Crippen LogP contribution in [0, 0.1) is 5.92 Å². The summed E-state index contributed by atoms with van der Waals surface area (Å²) in [6.07, 6.45) is -0.492. The van der Waals surface area contributed by atoms with Gasteiger partial charge in [0.25, 0.3) is 5.91 Å². The minimum atomic E-state index is -4.35. The minimum absolute atomic E-state index is 0.00796. The second kappa shape index (κ2) is 7.98. The van der Waals surface area contributed by atoms with Gasteiger partial charge < -0.3 is 10.0 Å². The molecule has 3 rings (SSSR count). The molecular formula is C20H21F3N2O2. The zero-order valence-electron chi connectivity index (χ0n) is 14.7. The van der Waals surface area contributed by atoms with Crippen molar-refractivity contribution < 1.29 is 23.1 Å². The molecule has 1 aliphatic rings. The predicted molar refractivity (Wildman–Crippen MR) is 94.3 cm³/mol. The third-order valence-corrected chi connectivity index (χ3v) is 4.92. The number of nitrogens with zero attached hydrogens (tertiary/aromatic N) is 2. The van der Waals surface area contributed by atoms with Gasteiger partial charge in [0, 0.05) is 13.1 Å². The summed E-state index contributed by atoms with van der Waals surface area (Å²) >= 11 is 0. The summed E-state index contributed by atoms with van der Waals surface area (Å²) < 4.78 is 39.4. The van der Waals surface area contributed by atoms with E-state index in [-0.39, 0.29) is 23.3 Å². The number of hydrogen-bond acceptors (Lipinski definition) is 3. The molecule has 1 aromatic carbocycles. The van der Waals surface area contributed by atoms with Gasteiger partial charge >= 0.3 is 6.18 Å². The maximum Gasteiger partial charge on any atom is 0.416 e. The number of pyridine rings is 1. The summed E-state index contributed by atoms with van der Waals surface area (Å²) in [5.41, 5.74) is -0.0217. The summed E-state index contributed by atoms with van der Waals surface area (Å²) in [6, 6.07) is 8.55. The molecule has 0 radical (unpaired) electrons. The highest BCUT2D eigenvalue weighted by Gasteiger charge is 2.33. The smallest absolute Gasteiger partial charge is 0.416 e.